The van der Waals surface area contributed by atoms with Crippen molar-refractivity contribution in [3.05, 3.63) is 112 Å². The van der Waals surface area contributed by atoms with E-state index in [1.807, 2.05) is 48.5 Å². The zero-order valence-electron chi connectivity index (χ0n) is 16.4. The Balaban J connectivity index is 1.83. The molecule has 3 aromatic carbocycles. The second-order valence-electron chi connectivity index (χ2n) is 7.12. The van der Waals surface area contributed by atoms with Crippen molar-refractivity contribution >= 4 is 12.6 Å². The number of aromatic nitrogens is 1. The first-order valence-corrected chi connectivity index (χ1v) is 10.3. The fourth-order valence-corrected chi connectivity index (χ4v) is 3.97. The number of aromatic amines is 1. The smallest absolute Gasteiger partial charge is 0.186 e. The van der Waals surface area contributed by atoms with Crippen LogP contribution in [-0.4, -0.2) is 4.98 Å². The van der Waals surface area contributed by atoms with Crippen molar-refractivity contribution in [3.63, 3.8) is 0 Å². The summed E-state index contributed by atoms with van der Waals surface area (Å²) in [6, 6.07) is 28.5. The molecule has 4 aromatic rings. The van der Waals surface area contributed by atoms with E-state index >= 15 is 0 Å². The Morgan fingerprint density at radius 3 is 2.07 bits per heavy atom. The van der Waals surface area contributed by atoms with Gasteiger partial charge in [0.05, 0.1) is 10.7 Å². The van der Waals surface area contributed by atoms with Crippen LogP contribution in [0.1, 0.15) is 23.6 Å². The van der Waals surface area contributed by atoms with Gasteiger partial charge in [0.1, 0.15) is 0 Å². The molecule has 0 aliphatic carbocycles. The van der Waals surface area contributed by atoms with Crippen molar-refractivity contribution in [1.29, 1.82) is 0 Å². The maximum absolute atomic E-state index is 12.9. The van der Waals surface area contributed by atoms with Crippen molar-refractivity contribution in [2.45, 2.75) is 24.8 Å². The highest BCUT2D eigenvalue weighted by atomic mass is 32.1. The summed E-state index contributed by atoms with van der Waals surface area (Å²) in [5.74, 6) is 0. The van der Waals surface area contributed by atoms with Gasteiger partial charge in [-0.15, -0.1) is 12.6 Å². The van der Waals surface area contributed by atoms with Gasteiger partial charge >= 0.3 is 0 Å². The number of pyridine rings is 1. The monoisotopic (exact) mass is 397 g/mol. The van der Waals surface area contributed by atoms with Gasteiger partial charge in [-0.1, -0.05) is 85.8 Å². The van der Waals surface area contributed by atoms with Gasteiger partial charge in [0.25, 0.3) is 0 Å². The van der Waals surface area contributed by atoms with E-state index in [1.165, 1.54) is 22.3 Å². The zero-order valence-corrected chi connectivity index (χ0v) is 17.2. The molecule has 0 unspecified atom stereocenters. The molecule has 0 spiro atoms. The van der Waals surface area contributed by atoms with E-state index in [1.54, 1.807) is 6.07 Å². The highest BCUT2D eigenvalue weighted by Gasteiger charge is 2.14. The third kappa shape index (κ3) is 4.20. The van der Waals surface area contributed by atoms with Crippen molar-refractivity contribution < 1.29 is 0 Å². The molecule has 0 bridgehead atoms. The van der Waals surface area contributed by atoms with Gasteiger partial charge in [-0.2, -0.15) is 0 Å². The number of hydrogen-bond donors (Lipinski definition) is 2. The summed E-state index contributed by atoms with van der Waals surface area (Å²) < 4.78 is 0. The van der Waals surface area contributed by atoms with Gasteiger partial charge < -0.3 is 4.98 Å². The highest BCUT2D eigenvalue weighted by Crippen LogP contribution is 2.27. The van der Waals surface area contributed by atoms with Crippen LogP contribution in [-0.2, 0) is 12.8 Å². The van der Waals surface area contributed by atoms with Crippen LogP contribution in [0.15, 0.2) is 94.7 Å². The Kier molecular flexibility index (Phi) is 5.68. The standard InChI is InChI=1S/C26H23NOS/c1-2-18-13-14-21(19-9-5-3-6-10-19)15-22(18)16-23-24(28)17-25(29)27-26(23)20-11-7-4-8-12-20/h3-15,17H,2,16H2,1H3,(H2,27,28,29). The molecule has 4 rings (SSSR count). The number of thiol groups is 1. The number of nitrogens with one attached hydrogen (secondary N) is 1. The molecule has 0 atom stereocenters. The van der Waals surface area contributed by atoms with E-state index in [0.717, 1.165) is 23.2 Å². The molecule has 1 N–H and O–H groups in total. The first kappa shape index (κ1) is 19.3. The molecule has 3 heteroatoms. The summed E-state index contributed by atoms with van der Waals surface area (Å²) in [5, 5.41) is 0.575. The third-order valence-corrected chi connectivity index (χ3v) is 5.48. The van der Waals surface area contributed by atoms with Crippen molar-refractivity contribution in [2.75, 3.05) is 0 Å². The summed E-state index contributed by atoms with van der Waals surface area (Å²) in [6.45, 7) is 2.15. The number of rotatable bonds is 5. The summed E-state index contributed by atoms with van der Waals surface area (Å²) in [4.78, 5) is 16.2. The van der Waals surface area contributed by atoms with Crippen LogP contribution in [0.4, 0.5) is 0 Å². The van der Waals surface area contributed by atoms with E-state index in [9.17, 15) is 4.79 Å². The molecule has 0 aliphatic heterocycles. The van der Waals surface area contributed by atoms with Crippen molar-refractivity contribution in [1.82, 2.24) is 4.98 Å². The molecule has 0 aliphatic rings. The molecule has 1 aromatic heterocycles. The van der Waals surface area contributed by atoms with Gasteiger partial charge in [0, 0.05) is 18.1 Å². The van der Waals surface area contributed by atoms with Gasteiger partial charge in [0.2, 0.25) is 0 Å². The van der Waals surface area contributed by atoms with E-state index < -0.39 is 0 Å². The Morgan fingerprint density at radius 2 is 1.41 bits per heavy atom. The SMILES string of the molecule is CCc1ccc(-c2ccccc2)cc1Cc1c(-c2ccccc2)[nH]c(S)cc1=O. The summed E-state index contributed by atoms with van der Waals surface area (Å²) in [7, 11) is 0. The lowest BCUT2D eigenvalue weighted by Gasteiger charge is -2.14. The van der Waals surface area contributed by atoms with Gasteiger partial charge in [-0.3, -0.25) is 4.79 Å². The fraction of sp³-hybridized carbons (Fsp3) is 0.115. The van der Waals surface area contributed by atoms with Gasteiger partial charge in [0.15, 0.2) is 5.43 Å². The zero-order chi connectivity index (χ0) is 20.2. The Hall–Kier alpha value is -3.04. The minimum atomic E-state index is 0.0137. The lowest BCUT2D eigenvalue weighted by atomic mass is 9.92. The second-order valence-corrected chi connectivity index (χ2v) is 7.60. The van der Waals surface area contributed by atoms with Crippen LogP contribution < -0.4 is 5.43 Å². The average molecular weight is 398 g/mol. The molecule has 2 nitrogen and oxygen atoms in total. The van der Waals surface area contributed by atoms with E-state index in [2.05, 4.69) is 54.9 Å². The first-order valence-electron chi connectivity index (χ1n) is 9.83. The topological polar surface area (TPSA) is 32.9 Å². The molecule has 0 saturated carbocycles. The van der Waals surface area contributed by atoms with E-state index in [0.29, 0.717) is 11.4 Å². The van der Waals surface area contributed by atoms with Gasteiger partial charge in [-0.25, -0.2) is 0 Å². The Labute approximate surface area is 176 Å². The molecule has 144 valence electrons. The molecule has 0 amide bonds. The Morgan fingerprint density at radius 1 is 0.759 bits per heavy atom. The lowest BCUT2D eigenvalue weighted by molar-refractivity contribution is 1.02. The third-order valence-electron chi connectivity index (χ3n) is 5.24. The number of aryl methyl sites for hydroxylation is 1. The average Bonchev–Trinajstić information content (AvgIpc) is 2.76. The summed E-state index contributed by atoms with van der Waals surface area (Å²) >= 11 is 4.39. The van der Waals surface area contributed by atoms with Crippen LogP contribution in [0.3, 0.4) is 0 Å². The largest absolute Gasteiger partial charge is 0.349 e. The number of H-pyrrole nitrogens is 1. The van der Waals surface area contributed by atoms with Crippen molar-refractivity contribution in [3.8, 4) is 22.4 Å². The quantitative estimate of drug-likeness (QED) is 0.389. The summed E-state index contributed by atoms with van der Waals surface area (Å²) in [5.41, 5.74) is 7.42. The molecular formula is C26H23NOS. The van der Waals surface area contributed by atoms with Crippen molar-refractivity contribution in [2.24, 2.45) is 0 Å². The highest BCUT2D eigenvalue weighted by molar-refractivity contribution is 7.80. The second kappa shape index (κ2) is 8.54. The molecule has 0 fully saturated rings. The summed E-state index contributed by atoms with van der Waals surface area (Å²) in [6.07, 6.45) is 1.51. The lowest BCUT2D eigenvalue weighted by Crippen LogP contribution is -2.13. The van der Waals surface area contributed by atoms with Crippen LogP contribution in [0, 0.1) is 0 Å². The number of benzene rings is 3. The molecule has 0 radical (unpaired) electrons. The maximum Gasteiger partial charge on any atom is 0.186 e. The number of hydrogen-bond acceptors (Lipinski definition) is 2. The molecule has 29 heavy (non-hydrogen) atoms. The fourth-order valence-electron chi connectivity index (χ4n) is 3.74. The van der Waals surface area contributed by atoms with Crippen LogP contribution in [0.2, 0.25) is 0 Å². The van der Waals surface area contributed by atoms with Crippen LogP contribution in [0.5, 0.6) is 0 Å². The molecule has 0 saturated heterocycles. The predicted octanol–water partition coefficient (Wildman–Crippen LogP) is 6.15. The van der Waals surface area contributed by atoms with E-state index in [-0.39, 0.29) is 5.43 Å². The van der Waals surface area contributed by atoms with Gasteiger partial charge in [-0.05, 0) is 34.2 Å². The molecular weight excluding hydrogens is 374 g/mol. The van der Waals surface area contributed by atoms with E-state index in [4.69, 9.17) is 0 Å². The minimum Gasteiger partial charge on any atom is -0.349 e. The minimum absolute atomic E-state index is 0.0137. The molecule has 1 heterocycles. The predicted molar refractivity (Wildman–Crippen MR) is 124 cm³/mol. The Bertz CT molecular complexity index is 1180. The van der Waals surface area contributed by atoms with Crippen LogP contribution >= 0.6 is 12.6 Å². The van der Waals surface area contributed by atoms with Crippen LogP contribution in [0.25, 0.3) is 22.4 Å². The normalized spacial score (nSPS) is 10.8. The first-order chi connectivity index (χ1) is 14.2. The maximum atomic E-state index is 12.9.